The lowest BCUT2D eigenvalue weighted by Crippen LogP contribution is -2.40. The molecule has 0 aromatic carbocycles. The number of aliphatic hydroxyl groups excluding tert-OH is 1. The minimum Gasteiger partial charge on any atom is -0.395 e. The molecule has 0 amide bonds. The van der Waals surface area contributed by atoms with Crippen LogP contribution in [-0.4, -0.2) is 56.0 Å². The third-order valence-electron chi connectivity index (χ3n) is 2.41. The highest BCUT2D eigenvalue weighted by Crippen LogP contribution is 2.06. The van der Waals surface area contributed by atoms with E-state index in [1.165, 1.54) is 0 Å². The number of aliphatic hydroxyl groups is 1. The number of hydrogen-bond acceptors (Lipinski definition) is 4. The van der Waals surface area contributed by atoms with Crippen molar-refractivity contribution in [2.24, 2.45) is 5.73 Å². The highest BCUT2D eigenvalue weighted by molar-refractivity contribution is 4.70. The molecule has 1 atom stereocenters. The third kappa shape index (κ3) is 5.54. The van der Waals surface area contributed by atoms with Gasteiger partial charge < -0.3 is 15.6 Å². The first-order valence-electron chi connectivity index (χ1n) is 5.34. The van der Waals surface area contributed by atoms with Gasteiger partial charge in [0.15, 0.2) is 0 Å². The molecule has 0 aromatic heterocycles. The molecule has 0 aliphatic carbocycles. The van der Waals surface area contributed by atoms with Gasteiger partial charge >= 0.3 is 0 Å². The van der Waals surface area contributed by atoms with E-state index in [4.69, 9.17) is 15.6 Å². The molecule has 0 saturated heterocycles. The Balaban J connectivity index is 3.97. The average Bonchev–Trinajstić information content (AvgIpc) is 2.21. The van der Waals surface area contributed by atoms with Gasteiger partial charge in [-0.25, -0.2) is 0 Å². The largest absolute Gasteiger partial charge is 0.395 e. The molecule has 0 fully saturated rings. The number of ether oxygens (including phenoxy) is 1. The molecule has 0 rings (SSSR count). The smallest absolute Gasteiger partial charge is 0.0618 e. The van der Waals surface area contributed by atoms with E-state index in [0.29, 0.717) is 12.6 Å². The molecule has 0 heterocycles. The van der Waals surface area contributed by atoms with Crippen molar-refractivity contribution in [3.8, 4) is 0 Å². The summed E-state index contributed by atoms with van der Waals surface area (Å²) in [5.41, 5.74) is 5.48. The summed E-state index contributed by atoms with van der Waals surface area (Å²) in [5, 5.41) is 8.90. The van der Waals surface area contributed by atoms with Crippen molar-refractivity contribution in [1.82, 2.24) is 4.90 Å². The second-order valence-corrected chi connectivity index (χ2v) is 3.39. The van der Waals surface area contributed by atoms with E-state index < -0.39 is 0 Å². The molecule has 4 nitrogen and oxygen atoms in total. The lowest BCUT2D eigenvalue weighted by molar-refractivity contribution is 0.0747. The van der Waals surface area contributed by atoms with Gasteiger partial charge in [0.25, 0.3) is 0 Å². The Morgan fingerprint density at radius 2 is 2.21 bits per heavy atom. The van der Waals surface area contributed by atoms with Crippen LogP contribution in [0.25, 0.3) is 0 Å². The molecular weight excluding hydrogens is 180 g/mol. The Hall–Kier alpha value is -0.160. The summed E-state index contributed by atoms with van der Waals surface area (Å²) >= 11 is 0. The molecule has 86 valence electrons. The van der Waals surface area contributed by atoms with Crippen LogP contribution in [0, 0.1) is 0 Å². The number of methoxy groups -OCH3 is 1. The standard InChI is InChI=1S/C10H24N2O2/c1-3-12(7-8-13)10(9-14-2)5-4-6-11/h10,13H,3-9,11H2,1-2H3. The summed E-state index contributed by atoms with van der Waals surface area (Å²) in [6.07, 6.45) is 2.05. The van der Waals surface area contributed by atoms with E-state index in [0.717, 1.165) is 32.5 Å². The fraction of sp³-hybridized carbons (Fsp3) is 1.00. The van der Waals surface area contributed by atoms with Crippen LogP contribution < -0.4 is 5.73 Å². The number of rotatable bonds is 9. The number of hydrogen-bond donors (Lipinski definition) is 2. The van der Waals surface area contributed by atoms with Crippen LogP contribution in [0.1, 0.15) is 19.8 Å². The van der Waals surface area contributed by atoms with Crippen molar-refractivity contribution in [1.29, 1.82) is 0 Å². The van der Waals surface area contributed by atoms with Crippen LogP contribution in [0.5, 0.6) is 0 Å². The second-order valence-electron chi connectivity index (χ2n) is 3.39. The van der Waals surface area contributed by atoms with Gasteiger partial charge in [-0.05, 0) is 25.9 Å². The topological polar surface area (TPSA) is 58.7 Å². The Morgan fingerprint density at radius 3 is 2.64 bits per heavy atom. The first-order chi connectivity index (χ1) is 6.79. The van der Waals surface area contributed by atoms with Gasteiger partial charge in [-0.1, -0.05) is 6.92 Å². The fourth-order valence-electron chi connectivity index (χ4n) is 1.64. The van der Waals surface area contributed by atoms with Crippen LogP contribution in [0.4, 0.5) is 0 Å². The molecule has 0 saturated carbocycles. The quantitative estimate of drug-likeness (QED) is 0.557. The summed E-state index contributed by atoms with van der Waals surface area (Å²) in [5.74, 6) is 0. The summed E-state index contributed by atoms with van der Waals surface area (Å²) < 4.78 is 5.17. The Bertz CT molecular complexity index is 123. The van der Waals surface area contributed by atoms with Gasteiger partial charge in [0.2, 0.25) is 0 Å². The van der Waals surface area contributed by atoms with Crippen LogP contribution in [0.2, 0.25) is 0 Å². The molecular formula is C10H24N2O2. The van der Waals surface area contributed by atoms with Crippen LogP contribution in [0.3, 0.4) is 0 Å². The van der Waals surface area contributed by atoms with Gasteiger partial charge in [-0.15, -0.1) is 0 Å². The van der Waals surface area contributed by atoms with Crippen molar-refractivity contribution in [3.63, 3.8) is 0 Å². The molecule has 0 bridgehead atoms. The molecule has 0 spiro atoms. The minimum atomic E-state index is 0.205. The molecule has 0 aliphatic heterocycles. The zero-order chi connectivity index (χ0) is 10.8. The molecule has 0 radical (unpaired) electrons. The van der Waals surface area contributed by atoms with Gasteiger partial charge in [0.05, 0.1) is 13.2 Å². The maximum absolute atomic E-state index is 8.90. The van der Waals surface area contributed by atoms with Crippen molar-refractivity contribution in [2.75, 3.05) is 40.0 Å². The zero-order valence-corrected chi connectivity index (χ0v) is 9.41. The molecule has 1 unspecified atom stereocenters. The number of likely N-dealkylation sites (N-methyl/N-ethyl adjacent to an activating group) is 1. The first kappa shape index (κ1) is 13.8. The maximum atomic E-state index is 8.90. The summed E-state index contributed by atoms with van der Waals surface area (Å²) in [4.78, 5) is 2.24. The number of nitrogens with zero attached hydrogens (tertiary/aromatic N) is 1. The average molecular weight is 204 g/mol. The van der Waals surface area contributed by atoms with Crippen LogP contribution >= 0.6 is 0 Å². The second kappa shape index (κ2) is 9.40. The molecule has 14 heavy (non-hydrogen) atoms. The molecule has 0 aliphatic rings. The van der Waals surface area contributed by atoms with Gasteiger partial charge in [0.1, 0.15) is 0 Å². The minimum absolute atomic E-state index is 0.205. The van der Waals surface area contributed by atoms with Crippen LogP contribution in [0.15, 0.2) is 0 Å². The van der Waals surface area contributed by atoms with E-state index in [2.05, 4.69) is 11.8 Å². The van der Waals surface area contributed by atoms with Gasteiger partial charge in [-0.3, -0.25) is 4.90 Å². The molecule has 0 aromatic rings. The summed E-state index contributed by atoms with van der Waals surface area (Å²) in [7, 11) is 1.71. The van der Waals surface area contributed by atoms with E-state index in [-0.39, 0.29) is 6.61 Å². The molecule has 3 N–H and O–H groups in total. The molecule has 4 heteroatoms. The van der Waals surface area contributed by atoms with Crippen molar-refractivity contribution < 1.29 is 9.84 Å². The Kier molecular flexibility index (Phi) is 9.29. The third-order valence-corrected chi connectivity index (χ3v) is 2.41. The lowest BCUT2D eigenvalue weighted by Gasteiger charge is -2.29. The van der Waals surface area contributed by atoms with Crippen LogP contribution in [-0.2, 0) is 4.74 Å². The van der Waals surface area contributed by atoms with E-state index in [1.54, 1.807) is 7.11 Å². The van der Waals surface area contributed by atoms with Crippen molar-refractivity contribution in [3.05, 3.63) is 0 Å². The first-order valence-corrected chi connectivity index (χ1v) is 5.34. The highest BCUT2D eigenvalue weighted by Gasteiger charge is 2.15. The highest BCUT2D eigenvalue weighted by atomic mass is 16.5. The summed E-state index contributed by atoms with van der Waals surface area (Å²) in [6, 6.07) is 0.390. The van der Waals surface area contributed by atoms with Gasteiger partial charge in [0, 0.05) is 19.7 Å². The SMILES string of the molecule is CCN(CCO)C(CCCN)COC. The van der Waals surface area contributed by atoms with E-state index in [9.17, 15) is 0 Å². The normalized spacial score (nSPS) is 13.5. The zero-order valence-electron chi connectivity index (χ0n) is 9.41. The van der Waals surface area contributed by atoms with Gasteiger partial charge in [-0.2, -0.15) is 0 Å². The predicted molar refractivity (Wildman–Crippen MR) is 58.3 cm³/mol. The lowest BCUT2D eigenvalue weighted by atomic mass is 10.1. The monoisotopic (exact) mass is 204 g/mol. The Labute approximate surface area is 87.0 Å². The Morgan fingerprint density at radius 1 is 1.50 bits per heavy atom. The predicted octanol–water partition coefficient (Wildman–Crippen LogP) is 0.0545. The number of nitrogens with two attached hydrogens (primary N) is 1. The van der Waals surface area contributed by atoms with E-state index in [1.807, 2.05) is 0 Å². The summed E-state index contributed by atoms with van der Waals surface area (Å²) in [6.45, 7) is 5.40. The van der Waals surface area contributed by atoms with Crippen molar-refractivity contribution in [2.45, 2.75) is 25.8 Å². The maximum Gasteiger partial charge on any atom is 0.0618 e. The fourth-order valence-corrected chi connectivity index (χ4v) is 1.64. The van der Waals surface area contributed by atoms with E-state index >= 15 is 0 Å². The van der Waals surface area contributed by atoms with Crippen molar-refractivity contribution >= 4 is 0 Å².